The number of rotatable bonds is 4. The number of hydrogen-bond donors (Lipinski definition) is 0. The normalized spacial score (nSPS) is 22.5. The Balaban J connectivity index is 1.40. The first-order valence-corrected chi connectivity index (χ1v) is 12.6. The number of fused-ring (bicyclic) bond motifs is 1. The van der Waals surface area contributed by atoms with Crippen LogP contribution in [0.1, 0.15) is 79.0 Å². The van der Waals surface area contributed by atoms with Crippen LogP contribution < -0.4 is 0 Å². The first kappa shape index (κ1) is 24.0. The van der Waals surface area contributed by atoms with Gasteiger partial charge in [-0.3, -0.25) is 4.68 Å². The zero-order valence-corrected chi connectivity index (χ0v) is 20.8. The van der Waals surface area contributed by atoms with E-state index in [1.165, 1.54) is 12.1 Å². The molecule has 4 aromatic rings. The van der Waals surface area contributed by atoms with E-state index in [4.69, 9.17) is 14.7 Å². The topological polar surface area (TPSA) is 78.6 Å². The molecule has 4 heterocycles. The molecular formula is C27H27F3N6O. The van der Waals surface area contributed by atoms with E-state index in [0.29, 0.717) is 40.7 Å². The van der Waals surface area contributed by atoms with Crippen LogP contribution in [0.4, 0.5) is 13.2 Å². The lowest BCUT2D eigenvalue weighted by Gasteiger charge is -2.33. The van der Waals surface area contributed by atoms with Gasteiger partial charge in [0.15, 0.2) is 5.65 Å². The van der Waals surface area contributed by atoms with Gasteiger partial charge in [-0.25, -0.2) is 19.9 Å². The van der Waals surface area contributed by atoms with Crippen molar-refractivity contribution in [3.8, 4) is 11.3 Å². The lowest BCUT2D eigenvalue weighted by atomic mass is 9.89. The summed E-state index contributed by atoms with van der Waals surface area (Å²) in [6, 6.07) is 5.51. The Morgan fingerprint density at radius 2 is 1.68 bits per heavy atom. The van der Waals surface area contributed by atoms with Crippen LogP contribution in [0.2, 0.25) is 0 Å². The molecule has 0 spiro atoms. The number of halogens is 3. The smallest absolute Gasteiger partial charge is 0.370 e. The SMILES string of the molecule is Cc1nc2nc(C3CC(C)OC(c4cnn(C5CC5)c4)C3)nc(-c3ccc(C(F)(F)F)cc3)c2nc1C. The van der Waals surface area contributed by atoms with Crippen molar-refractivity contribution in [1.82, 2.24) is 29.7 Å². The van der Waals surface area contributed by atoms with Gasteiger partial charge in [0.2, 0.25) is 0 Å². The summed E-state index contributed by atoms with van der Waals surface area (Å²) in [7, 11) is 0. The van der Waals surface area contributed by atoms with E-state index in [9.17, 15) is 13.2 Å². The Hall–Kier alpha value is -3.40. The van der Waals surface area contributed by atoms with Crippen LogP contribution in [-0.2, 0) is 10.9 Å². The third-order valence-electron chi connectivity index (χ3n) is 7.24. The highest BCUT2D eigenvalue weighted by Crippen LogP contribution is 2.41. The summed E-state index contributed by atoms with van der Waals surface area (Å²) in [5.74, 6) is 0.591. The molecular weight excluding hydrogens is 481 g/mol. The molecule has 0 N–H and O–H groups in total. The standard InChI is InChI=1S/C27H27F3N6O/c1-14-10-18(11-22(37-14)19-12-31-36(13-19)21-8-9-21)25-34-23(17-4-6-20(7-5-17)27(28,29)30)24-26(35-25)33-16(3)15(2)32-24/h4-7,12-14,18,21-22H,8-11H2,1-3H3. The Morgan fingerprint density at radius 1 is 0.946 bits per heavy atom. The van der Waals surface area contributed by atoms with Crippen LogP contribution in [0, 0.1) is 13.8 Å². The number of aryl methyl sites for hydroxylation is 2. The molecule has 1 aliphatic heterocycles. The summed E-state index contributed by atoms with van der Waals surface area (Å²) < 4.78 is 47.8. The van der Waals surface area contributed by atoms with Gasteiger partial charge in [-0.05, 0) is 58.6 Å². The Labute approximate surface area is 212 Å². The second kappa shape index (κ2) is 8.86. The fourth-order valence-electron chi connectivity index (χ4n) is 4.96. The number of aromatic nitrogens is 6. The van der Waals surface area contributed by atoms with Gasteiger partial charge in [-0.1, -0.05) is 12.1 Å². The molecule has 192 valence electrons. The molecule has 2 fully saturated rings. The highest BCUT2D eigenvalue weighted by Gasteiger charge is 2.34. The van der Waals surface area contributed by atoms with Crippen LogP contribution >= 0.6 is 0 Å². The number of nitrogens with zero attached hydrogens (tertiary/aromatic N) is 6. The zero-order valence-electron chi connectivity index (χ0n) is 20.8. The van der Waals surface area contributed by atoms with Gasteiger partial charge in [0, 0.05) is 23.2 Å². The van der Waals surface area contributed by atoms with E-state index < -0.39 is 11.7 Å². The van der Waals surface area contributed by atoms with Gasteiger partial charge in [-0.15, -0.1) is 0 Å². The molecule has 1 saturated heterocycles. The number of alkyl halides is 3. The van der Waals surface area contributed by atoms with Crippen molar-refractivity contribution < 1.29 is 17.9 Å². The monoisotopic (exact) mass is 508 g/mol. The van der Waals surface area contributed by atoms with Gasteiger partial charge in [-0.2, -0.15) is 18.3 Å². The molecule has 1 saturated carbocycles. The Kier molecular flexibility index (Phi) is 5.74. The largest absolute Gasteiger partial charge is 0.416 e. The number of hydrogen-bond acceptors (Lipinski definition) is 6. The Morgan fingerprint density at radius 3 is 2.38 bits per heavy atom. The van der Waals surface area contributed by atoms with Crippen molar-refractivity contribution in [1.29, 1.82) is 0 Å². The first-order valence-electron chi connectivity index (χ1n) is 12.6. The zero-order chi connectivity index (χ0) is 25.9. The van der Waals surface area contributed by atoms with Crippen LogP contribution in [-0.4, -0.2) is 35.8 Å². The molecule has 3 atom stereocenters. The van der Waals surface area contributed by atoms with E-state index in [1.807, 2.05) is 31.6 Å². The summed E-state index contributed by atoms with van der Waals surface area (Å²) in [6.45, 7) is 5.75. The molecule has 6 rings (SSSR count). The third-order valence-corrected chi connectivity index (χ3v) is 7.24. The predicted molar refractivity (Wildman–Crippen MR) is 131 cm³/mol. The number of benzene rings is 1. The first-order chi connectivity index (χ1) is 17.7. The lowest BCUT2D eigenvalue weighted by Crippen LogP contribution is -2.26. The minimum atomic E-state index is -4.41. The molecule has 3 unspecified atom stereocenters. The van der Waals surface area contributed by atoms with Gasteiger partial charge < -0.3 is 4.74 Å². The third kappa shape index (κ3) is 4.70. The second-order valence-electron chi connectivity index (χ2n) is 10.2. The fourth-order valence-corrected chi connectivity index (χ4v) is 4.96. The summed E-state index contributed by atoms with van der Waals surface area (Å²) in [6.07, 6.45) is 3.10. The maximum Gasteiger partial charge on any atom is 0.416 e. The molecule has 0 radical (unpaired) electrons. The van der Waals surface area contributed by atoms with Gasteiger partial charge in [0.1, 0.15) is 17.0 Å². The number of ether oxygens (including phenoxy) is 1. The molecule has 10 heteroatoms. The lowest BCUT2D eigenvalue weighted by molar-refractivity contribution is -0.137. The maximum atomic E-state index is 13.2. The summed E-state index contributed by atoms with van der Waals surface area (Å²) in [4.78, 5) is 19.0. The highest BCUT2D eigenvalue weighted by molar-refractivity contribution is 5.87. The highest BCUT2D eigenvalue weighted by atomic mass is 19.4. The Bertz CT molecular complexity index is 1460. The van der Waals surface area contributed by atoms with Crippen LogP contribution in [0.15, 0.2) is 36.7 Å². The van der Waals surface area contributed by atoms with Crippen molar-refractivity contribution in [3.63, 3.8) is 0 Å². The van der Waals surface area contributed by atoms with Crippen molar-refractivity contribution in [2.24, 2.45) is 0 Å². The van der Waals surface area contributed by atoms with Crippen molar-refractivity contribution >= 4 is 11.2 Å². The molecule has 2 aliphatic rings. The molecule has 7 nitrogen and oxygen atoms in total. The van der Waals surface area contributed by atoms with E-state index in [0.717, 1.165) is 48.3 Å². The molecule has 0 amide bonds. The summed E-state index contributed by atoms with van der Waals surface area (Å²) in [5.41, 5.74) is 3.77. The van der Waals surface area contributed by atoms with Gasteiger partial charge in [0.25, 0.3) is 0 Å². The minimum Gasteiger partial charge on any atom is -0.370 e. The fraction of sp³-hybridized carbons (Fsp3) is 0.444. The summed E-state index contributed by atoms with van der Waals surface area (Å²) >= 11 is 0. The average Bonchev–Trinajstić information content (AvgIpc) is 3.59. The second-order valence-corrected chi connectivity index (χ2v) is 10.2. The van der Waals surface area contributed by atoms with Crippen LogP contribution in [0.3, 0.4) is 0 Å². The van der Waals surface area contributed by atoms with E-state index >= 15 is 0 Å². The molecule has 1 aliphatic carbocycles. The molecule has 0 bridgehead atoms. The van der Waals surface area contributed by atoms with E-state index in [-0.39, 0.29) is 18.1 Å². The molecule has 37 heavy (non-hydrogen) atoms. The van der Waals surface area contributed by atoms with Crippen molar-refractivity contribution in [2.45, 2.75) is 76.8 Å². The quantitative estimate of drug-likeness (QED) is 0.323. The molecule has 1 aromatic carbocycles. The van der Waals surface area contributed by atoms with Gasteiger partial charge >= 0.3 is 6.18 Å². The maximum absolute atomic E-state index is 13.2. The van der Waals surface area contributed by atoms with Gasteiger partial charge in [0.05, 0.1) is 41.4 Å². The summed E-state index contributed by atoms with van der Waals surface area (Å²) in [5, 5.41) is 4.52. The van der Waals surface area contributed by atoms with Crippen LogP contribution in [0.25, 0.3) is 22.4 Å². The van der Waals surface area contributed by atoms with E-state index in [1.54, 1.807) is 0 Å². The van der Waals surface area contributed by atoms with Crippen molar-refractivity contribution in [3.05, 3.63) is 65.0 Å². The molecule has 3 aromatic heterocycles. The van der Waals surface area contributed by atoms with Crippen molar-refractivity contribution in [2.75, 3.05) is 0 Å². The van der Waals surface area contributed by atoms with Crippen LogP contribution in [0.5, 0.6) is 0 Å². The predicted octanol–water partition coefficient (Wildman–Crippen LogP) is 6.28. The average molecular weight is 509 g/mol. The minimum absolute atomic E-state index is 0.0148. The van der Waals surface area contributed by atoms with E-state index in [2.05, 4.69) is 21.3 Å².